The maximum Gasteiger partial charge on any atom is 0.0613 e. The Labute approximate surface area is 81.7 Å². The first-order valence-corrected chi connectivity index (χ1v) is 5.62. The Bertz CT molecular complexity index is 139. The molecule has 0 spiro atoms. The van der Waals surface area contributed by atoms with E-state index in [2.05, 4.69) is 19.2 Å². The molecule has 2 N–H and O–H groups in total. The highest BCUT2D eigenvalue weighted by atomic mass is 16.3. The van der Waals surface area contributed by atoms with E-state index in [0.29, 0.717) is 6.61 Å². The molecule has 0 heterocycles. The number of nitrogens with one attached hydrogen (secondary N) is 1. The summed E-state index contributed by atoms with van der Waals surface area (Å²) in [4.78, 5) is 0. The fourth-order valence-corrected chi connectivity index (χ4v) is 2.40. The van der Waals surface area contributed by atoms with Gasteiger partial charge < -0.3 is 10.4 Å². The molecule has 0 saturated heterocycles. The van der Waals surface area contributed by atoms with Gasteiger partial charge in [0.1, 0.15) is 0 Å². The van der Waals surface area contributed by atoms with Gasteiger partial charge >= 0.3 is 0 Å². The summed E-state index contributed by atoms with van der Waals surface area (Å²) in [5.74, 6) is 0.901. The van der Waals surface area contributed by atoms with Crippen molar-refractivity contribution in [3.05, 3.63) is 0 Å². The highest BCUT2D eigenvalue weighted by molar-refractivity contribution is 4.91. The van der Waals surface area contributed by atoms with E-state index in [1.807, 2.05) is 0 Å². The number of aliphatic hydroxyl groups excluding tert-OH is 1. The summed E-state index contributed by atoms with van der Waals surface area (Å²) >= 11 is 0. The minimum atomic E-state index is 0.0560. The summed E-state index contributed by atoms with van der Waals surface area (Å²) in [6, 6.07) is 0. The first-order chi connectivity index (χ1) is 6.26. The van der Waals surface area contributed by atoms with Crippen LogP contribution in [0.4, 0.5) is 0 Å². The Balaban J connectivity index is 2.42. The number of hydrogen-bond acceptors (Lipinski definition) is 2. The first kappa shape index (κ1) is 11.0. The lowest BCUT2D eigenvalue weighted by Crippen LogP contribution is -2.50. The van der Waals surface area contributed by atoms with E-state index >= 15 is 0 Å². The van der Waals surface area contributed by atoms with Crippen LogP contribution in [0.5, 0.6) is 0 Å². The van der Waals surface area contributed by atoms with Crippen molar-refractivity contribution in [2.75, 3.05) is 13.2 Å². The highest BCUT2D eigenvalue weighted by Gasteiger charge is 2.33. The van der Waals surface area contributed by atoms with E-state index in [1.54, 1.807) is 0 Å². The predicted octanol–water partition coefficient (Wildman–Crippen LogP) is 1.93. The molecule has 0 bridgehead atoms. The Morgan fingerprint density at radius 2 is 1.92 bits per heavy atom. The molecule has 1 saturated carbocycles. The average Bonchev–Trinajstić information content (AvgIpc) is 2.19. The van der Waals surface area contributed by atoms with Gasteiger partial charge in [0.05, 0.1) is 6.61 Å². The lowest BCUT2D eigenvalue weighted by Gasteiger charge is -2.39. The van der Waals surface area contributed by atoms with Crippen molar-refractivity contribution >= 4 is 0 Å². The van der Waals surface area contributed by atoms with Crippen molar-refractivity contribution in [2.24, 2.45) is 5.92 Å². The lowest BCUT2D eigenvalue weighted by molar-refractivity contribution is 0.103. The zero-order valence-corrected chi connectivity index (χ0v) is 8.97. The SMILES string of the molecule is CCNC1(CO)CCC(CC)CC1. The molecule has 78 valence electrons. The highest BCUT2D eigenvalue weighted by Crippen LogP contribution is 2.33. The summed E-state index contributed by atoms with van der Waals surface area (Å²) < 4.78 is 0. The Morgan fingerprint density at radius 1 is 1.31 bits per heavy atom. The number of rotatable bonds is 4. The van der Waals surface area contributed by atoms with Crippen LogP contribution in [0, 0.1) is 5.92 Å². The van der Waals surface area contributed by atoms with Crippen LogP contribution >= 0.6 is 0 Å². The predicted molar refractivity (Wildman–Crippen MR) is 55.7 cm³/mol. The standard InChI is InChI=1S/C11H23NO/c1-3-10-5-7-11(9-13,8-6-10)12-4-2/h10,12-13H,3-9H2,1-2H3. The molecule has 1 aliphatic carbocycles. The first-order valence-electron chi connectivity index (χ1n) is 5.62. The van der Waals surface area contributed by atoms with E-state index in [4.69, 9.17) is 0 Å². The molecular formula is C11H23NO. The van der Waals surface area contributed by atoms with Crippen LogP contribution in [-0.4, -0.2) is 23.8 Å². The molecule has 0 amide bonds. The van der Waals surface area contributed by atoms with Gasteiger partial charge in [0.15, 0.2) is 0 Å². The van der Waals surface area contributed by atoms with Gasteiger partial charge in [-0.2, -0.15) is 0 Å². The third-order valence-electron chi connectivity index (χ3n) is 3.49. The zero-order chi connectivity index (χ0) is 9.73. The number of likely N-dealkylation sites (N-methyl/N-ethyl adjacent to an activating group) is 1. The van der Waals surface area contributed by atoms with E-state index < -0.39 is 0 Å². The number of hydrogen-bond donors (Lipinski definition) is 2. The second kappa shape index (κ2) is 4.97. The minimum absolute atomic E-state index is 0.0560. The molecule has 0 aromatic carbocycles. The van der Waals surface area contributed by atoms with E-state index in [-0.39, 0.29) is 5.54 Å². The summed E-state index contributed by atoms with van der Waals surface area (Å²) in [6.07, 6.45) is 6.16. The second-order valence-corrected chi connectivity index (χ2v) is 4.32. The van der Waals surface area contributed by atoms with Gasteiger partial charge in [-0.1, -0.05) is 20.3 Å². The fourth-order valence-electron chi connectivity index (χ4n) is 2.40. The van der Waals surface area contributed by atoms with Crippen LogP contribution in [0.25, 0.3) is 0 Å². The van der Waals surface area contributed by atoms with Crippen LogP contribution in [-0.2, 0) is 0 Å². The Morgan fingerprint density at radius 3 is 2.31 bits per heavy atom. The maximum absolute atomic E-state index is 9.37. The molecule has 2 nitrogen and oxygen atoms in total. The van der Waals surface area contributed by atoms with Crippen molar-refractivity contribution in [2.45, 2.75) is 51.5 Å². The topological polar surface area (TPSA) is 32.3 Å². The molecule has 0 aromatic heterocycles. The molecule has 13 heavy (non-hydrogen) atoms. The van der Waals surface area contributed by atoms with Gasteiger partial charge in [0, 0.05) is 5.54 Å². The molecule has 1 rings (SSSR count). The molecule has 1 fully saturated rings. The van der Waals surface area contributed by atoms with Crippen molar-refractivity contribution < 1.29 is 5.11 Å². The normalized spacial score (nSPS) is 34.8. The summed E-state index contributed by atoms with van der Waals surface area (Å²) in [6.45, 7) is 5.65. The third kappa shape index (κ3) is 2.68. The number of aliphatic hydroxyl groups is 1. The van der Waals surface area contributed by atoms with Crippen molar-refractivity contribution in [1.82, 2.24) is 5.32 Å². The Kier molecular flexibility index (Phi) is 4.20. The molecule has 0 atom stereocenters. The molecule has 0 aromatic rings. The average molecular weight is 185 g/mol. The van der Waals surface area contributed by atoms with Crippen molar-refractivity contribution in [3.63, 3.8) is 0 Å². The van der Waals surface area contributed by atoms with Gasteiger partial charge in [-0.05, 0) is 38.1 Å². The van der Waals surface area contributed by atoms with Crippen molar-refractivity contribution in [1.29, 1.82) is 0 Å². The van der Waals surface area contributed by atoms with Gasteiger partial charge in [-0.25, -0.2) is 0 Å². The van der Waals surface area contributed by atoms with E-state index in [9.17, 15) is 5.11 Å². The smallest absolute Gasteiger partial charge is 0.0613 e. The van der Waals surface area contributed by atoms with Gasteiger partial charge in [0.2, 0.25) is 0 Å². The van der Waals surface area contributed by atoms with Crippen LogP contribution in [0.15, 0.2) is 0 Å². The largest absolute Gasteiger partial charge is 0.394 e. The monoisotopic (exact) mass is 185 g/mol. The maximum atomic E-state index is 9.37. The van der Waals surface area contributed by atoms with E-state index in [0.717, 1.165) is 25.3 Å². The molecule has 2 heteroatoms. The van der Waals surface area contributed by atoms with Crippen molar-refractivity contribution in [3.8, 4) is 0 Å². The molecule has 1 aliphatic rings. The van der Waals surface area contributed by atoms with Crippen LogP contribution in [0.2, 0.25) is 0 Å². The van der Waals surface area contributed by atoms with Gasteiger partial charge in [0.25, 0.3) is 0 Å². The molecule has 0 aliphatic heterocycles. The third-order valence-corrected chi connectivity index (χ3v) is 3.49. The summed E-state index contributed by atoms with van der Waals surface area (Å²) in [5.41, 5.74) is 0.0560. The zero-order valence-electron chi connectivity index (χ0n) is 8.97. The molecular weight excluding hydrogens is 162 g/mol. The summed E-state index contributed by atoms with van der Waals surface area (Å²) in [7, 11) is 0. The summed E-state index contributed by atoms with van der Waals surface area (Å²) in [5, 5.41) is 12.8. The van der Waals surface area contributed by atoms with E-state index in [1.165, 1.54) is 19.3 Å². The second-order valence-electron chi connectivity index (χ2n) is 4.32. The van der Waals surface area contributed by atoms with Crippen LogP contribution in [0.1, 0.15) is 46.0 Å². The van der Waals surface area contributed by atoms with Gasteiger partial charge in [-0.15, -0.1) is 0 Å². The van der Waals surface area contributed by atoms with Crippen LogP contribution < -0.4 is 5.32 Å². The van der Waals surface area contributed by atoms with Gasteiger partial charge in [-0.3, -0.25) is 0 Å². The van der Waals surface area contributed by atoms with Crippen LogP contribution in [0.3, 0.4) is 0 Å². The molecule has 0 radical (unpaired) electrons. The minimum Gasteiger partial charge on any atom is -0.394 e. The quantitative estimate of drug-likeness (QED) is 0.701. The Hall–Kier alpha value is -0.0800. The fraction of sp³-hybridized carbons (Fsp3) is 1.00. The molecule has 0 unspecified atom stereocenters. The lowest BCUT2D eigenvalue weighted by atomic mass is 9.76.